The lowest BCUT2D eigenvalue weighted by Crippen LogP contribution is -2.44. The topological polar surface area (TPSA) is 68.9 Å². The number of halogens is 1. The number of aryl methyl sites for hydroxylation is 1. The highest BCUT2D eigenvalue weighted by atomic mass is 35.5. The lowest BCUT2D eigenvalue weighted by molar-refractivity contribution is 0.0810. The van der Waals surface area contributed by atoms with E-state index in [1.54, 1.807) is 14.2 Å². The standard InChI is InChI=1S/C22H28ClN3O2/c1-14-8-16(17-9-18(23)12-21(11-17)28-3)5-4-15(14)10-19-13-20(27-2)6-7-25-22(24)26-19/h4-5,8-9,11-12,19-20H,6-7,10,13H2,1-3H3,(H3,24,25,26). The average molecular weight is 402 g/mol. The molecule has 2 aromatic carbocycles. The predicted octanol–water partition coefficient (Wildman–Crippen LogP) is 3.95. The molecule has 1 heterocycles. The maximum Gasteiger partial charge on any atom is 0.188 e. The Kier molecular flexibility index (Phi) is 6.81. The minimum absolute atomic E-state index is 0.185. The lowest BCUT2D eigenvalue weighted by Gasteiger charge is -2.27. The van der Waals surface area contributed by atoms with Crippen molar-refractivity contribution in [2.75, 3.05) is 20.8 Å². The van der Waals surface area contributed by atoms with Gasteiger partial charge < -0.3 is 20.5 Å². The van der Waals surface area contributed by atoms with Gasteiger partial charge in [-0.1, -0.05) is 29.8 Å². The molecule has 6 heteroatoms. The number of guanidine groups is 1. The maximum absolute atomic E-state index is 6.23. The summed E-state index contributed by atoms with van der Waals surface area (Å²) in [5.74, 6) is 1.27. The summed E-state index contributed by atoms with van der Waals surface area (Å²) in [4.78, 5) is 4.35. The van der Waals surface area contributed by atoms with Gasteiger partial charge in [-0.15, -0.1) is 0 Å². The Morgan fingerprint density at radius 2 is 2.00 bits per heavy atom. The molecule has 0 aliphatic carbocycles. The zero-order chi connectivity index (χ0) is 20.1. The molecule has 0 saturated carbocycles. The van der Waals surface area contributed by atoms with Gasteiger partial charge in [-0.2, -0.15) is 0 Å². The van der Waals surface area contributed by atoms with Crippen LogP contribution < -0.4 is 15.8 Å². The molecule has 28 heavy (non-hydrogen) atoms. The van der Waals surface area contributed by atoms with E-state index in [1.165, 1.54) is 11.1 Å². The Bertz CT molecular complexity index is 854. The number of aliphatic imine (C=N–C) groups is 1. The summed E-state index contributed by atoms with van der Waals surface area (Å²) in [6.07, 6.45) is 2.84. The molecule has 0 radical (unpaired) electrons. The van der Waals surface area contributed by atoms with E-state index in [-0.39, 0.29) is 12.1 Å². The number of hydrogen-bond acceptors (Lipinski definition) is 5. The summed E-state index contributed by atoms with van der Waals surface area (Å²) in [6.45, 7) is 2.83. The van der Waals surface area contributed by atoms with Crippen molar-refractivity contribution in [2.24, 2.45) is 10.7 Å². The molecule has 0 spiro atoms. The number of nitrogens with one attached hydrogen (secondary N) is 1. The van der Waals surface area contributed by atoms with Crippen LogP contribution in [0.4, 0.5) is 0 Å². The quantitative estimate of drug-likeness (QED) is 0.795. The van der Waals surface area contributed by atoms with Crippen molar-refractivity contribution in [1.29, 1.82) is 0 Å². The number of nitrogens with two attached hydrogens (primary N) is 1. The van der Waals surface area contributed by atoms with Crippen molar-refractivity contribution in [2.45, 2.75) is 38.3 Å². The minimum atomic E-state index is 0.185. The fourth-order valence-electron chi connectivity index (χ4n) is 3.64. The van der Waals surface area contributed by atoms with Gasteiger partial charge in [-0.3, -0.25) is 4.99 Å². The van der Waals surface area contributed by atoms with Crippen LogP contribution in [0.3, 0.4) is 0 Å². The summed E-state index contributed by atoms with van der Waals surface area (Å²) >= 11 is 6.23. The second-order valence-electron chi connectivity index (χ2n) is 7.22. The van der Waals surface area contributed by atoms with Gasteiger partial charge in [-0.25, -0.2) is 0 Å². The highest BCUT2D eigenvalue weighted by Crippen LogP contribution is 2.30. The molecule has 150 valence electrons. The summed E-state index contributed by atoms with van der Waals surface area (Å²) < 4.78 is 10.9. The molecular formula is C22H28ClN3O2. The van der Waals surface area contributed by atoms with E-state index in [0.717, 1.165) is 36.1 Å². The monoisotopic (exact) mass is 401 g/mol. The SMILES string of the molecule is COc1cc(Cl)cc(-c2ccc(CC3CC(OC)CC/N=C(/N)N3)c(C)c2)c1. The van der Waals surface area contributed by atoms with E-state index in [0.29, 0.717) is 17.5 Å². The van der Waals surface area contributed by atoms with E-state index in [4.69, 9.17) is 26.8 Å². The summed E-state index contributed by atoms with van der Waals surface area (Å²) in [7, 11) is 3.41. The fourth-order valence-corrected chi connectivity index (χ4v) is 3.87. The van der Waals surface area contributed by atoms with Crippen LogP contribution in [0.15, 0.2) is 41.4 Å². The Morgan fingerprint density at radius 1 is 1.18 bits per heavy atom. The number of nitrogens with zero attached hydrogens (tertiary/aromatic N) is 1. The van der Waals surface area contributed by atoms with Gasteiger partial charge in [0.15, 0.2) is 5.96 Å². The first-order chi connectivity index (χ1) is 13.5. The molecule has 0 saturated heterocycles. The largest absolute Gasteiger partial charge is 0.497 e. The van der Waals surface area contributed by atoms with Crippen LogP contribution in [-0.2, 0) is 11.2 Å². The van der Waals surface area contributed by atoms with E-state index >= 15 is 0 Å². The molecule has 3 rings (SSSR count). The maximum atomic E-state index is 6.23. The Labute approximate surface area is 171 Å². The van der Waals surface area contributed by atoms with Gasteiger partial charge in [0.25, 0.3) is 0 Å². The highest BCUT2D eigenvalue weighted by molar-refractivity contribution is 6.31. The number of hydrogen-bond donors (Lipinski definition) is 2. The fraction of sp³-hybridized carbons (Fsp3) is 0.409. The molecule has 5 nitrogen and oxygen atoms in total. The van der Waals surface area contributed by atoms with Crippen LogP contribution >= 0.6 is 11.6 Å². The second kappa shape index (κ2) is 9.30. The molecule has 2 aromatic rings. The van der Waals surface area contributed by atoms with Crippen LogP contribution in [-0.4, -0.2) is 38.9 Å². The molecule has 3 N–H and O–H groups in total. The minimum Gasteiger partial charge on any atom is -0.497 e. The number of benzene rings is 2. The molecule has 2 unspecified atom stereocenters. The third-order valence-corrected chi connectivity index (χ3v) is 5.43. The van der Waals surface area contributed by atoms with Crippen LogP contribution in [0.2, 0.25) is 5.02 Å². The molecule has 1 aliphatic heterocycles. The summed E-state index contributed by atoms with van der Waals surface area (Å²) in [5.41, 5.74) is 10.6. The molecule has 0 amide bonds. The number of ether oxygens (including phenoxy) is 2. The van der Waals surface area contributed by atoms with Gasteiger partial charge in [0, 0.05) is 24.7 Å². The van der Waals surface area contributed by atoms with Crippen LogP contribution in [0.25, 0.3) is 11.1 Å². The van der Waals surface area contributed by atoms with Crippen molar-refractivity contribution in [3.8, 4) is 16.9 Å². The van der Waals surface area contributed by atoms with Crippen molar-refractivity contribution >= 4 is 17.6 Å². The van der Waals surface area contributed by atoms with Gasteiger partial charge in [-0.05, 0) is 66.6 Å². The van der Waals surface area contributed by atoms with Crippen molar-refractivity contribution in [3.05, 3.63) is 52.5 Å². The third-order valence-electron chi connectivity index (χ3n) is 5.22. The Balaban J connectivity index is 1.81. The Morgan fingerprint density at radius 3 is 2.71 bits per heavy atom. The van der Waals surface area contributed by atoms with Gasteiger partial charge in [0.05, 0.1) is 13.2 Å². The van der Waals surface area contributed by atoms with E-state index < -0.39 is 0 Å². The van der Waals surface area contributed by atoms with E-state index in [9.17, 15) is 0 Å². The highest BCUT2D eigenvalue weighted by Gasteiger charge is 2.20. The number of methoxy groups -OCH3 is 2. The Hall–Kier alpha value is -2.24. The van der Waals surface area contributed by atoms with E-state index in [1.807, 2.05) is 18.2 Å². The first-order valence-electron chi connectivity index (χ1n) is 9.52. The van der Waals surface area contributed by atoms with Crippen molar-refractivity contribution in [1.82, 2.24) is 5.32 Å². The van der Waals surface area contributed by atoms with Gasteiger partial charge >= 0.3 is 0 Å². The van der Waals surface area contributed by atoms with Crippen LogP contribution in [0.1, 0.15) is 24.0 Å². The van der Waals surface area contributed by atoms with Gasteiger partial charge in [0.1, 0.15) is 5.75 Å². The van der Waals surface area contributed by atoms with Gasteiger partial charge in [0.2, 0.25) is 0 Å². The average Bonchev–Trinajstić information content (AvgIpc) is 2.66. The zero-order valence-corrected chi connectivity index (χ0v) is 17.4. The molecule has 2 atom stereocenters. The normalized spacial score (nSPS) is 21.8. The van der Waals surface area contributed by atoms with Crippen molar-refractivity contribution in [3.63, 3.8) is 0 Å². The van der Waals surface area contributed by atoms with Crippen LogP contribution in [0.5, 0.6) is 5.75 Å². The third kappa shape index (κ3) is 5.18. The molecule has 0 aromatic heterocycles. The zero-order valence-electron chi connectivity index (χ0n) is 16.7. The molecule has 0 fully saturated rings. The second-order valence-corrected chi connectivity index (χ2v) is 7.65. The van der Waals surface area contributed by atoms with E-state index in [2.05, 4.69) is 35.4 Å². The molecule has 1 aliphatic rings. The van der Waals surface area contributed by atoms with Crippen molar-refractivity contribution < 1.29 is 9.47 Å². The summed E-state index contributed by atoms with van der Waals surface area (Å²) in [5, 5.41) is 4.00. The molecule has 0 bridgehead atoms. The van der Waals surface area contributed by atoms with Crippen LogP contribution in [0, 0.1) is 6.92 Å². The first kappa shape index (κ1) is 20.5. The number of rotatable bonds is 5. The lowest BCUT2D eigenvalue weighted by atomic mass is 9.93. The molecular weight excluding hydrogens is 374 g/mol. The smallest absolute Gasteiger partial charge is 0.188 e. The summed E-state index contributed by atoms with van der Waals surface area (Å²) in [6, 6.07) is 12.4. The predicted molar refractivity (Wildman–Crippen MR) is 115 cm³/mol. The first-order valence-corrected chi connectivity index (χ1v) is 9.90.